The van der Waals surface area contributed by atoms with Crippen molar-refractivity contribution in [1.29, 1.82) is 0 Å². The maximum absolute atomic E-state index is 11.8. The first-order chi connectivity index (χ1) is 7.38. The Morgan fingerprint density at radius 2 is 1.94 bits per heavy atom. The Morgan fingerprint density at radius 3 is 2.50 bits per heavy atom. The summed E-state index contributed by atoms with van der Waals surface area (Å²) >= 11 is 3.34. The highest BCUT2D eigenvalue weighted by Gasteiger charge is 2.17. The van der Waals surface area contributed by atoms with Crippen molar-refractivity contribution in [1.82, 2.24) is 4.72 Å². The van der Waals surface area contributed by atoms with Crippen LogP contribution in [0, 0.1) is 13.8 Å². The summed E-state index contributed by atoms with van der Waals surface area (Å²) in [4.78, 5) is 0.252. The van der Waals surface area contributed by atoms with E-state index in [0.29, 0.717) is 5.56 Å². The minimum atomic E-state index is -3.52. The molecule has 16 heavy (non-hydrogen) atoms. The molecule has 0 aliphatic rings. The van der Waals surface area contributed by atoms with Crippen LogP contribution in [-0.2, 0) is 10.0 Å². The Kier molecular flexibility index (Phi) is 4.49. The highest BCUT2D eigenvalue weighted by atomic mass is 79.9. The molecule has 0 aliphatic heterocycles. The van der Waals surface area contributed by atoms with Crippen molar-refractivity contribution in [3.05, 3.63) is 27.7 Å². The summed E-state index contributed by atoms with van der Waals surface area (Å²) < 4.78 is 26.9. The molecular weight excluding hydrogens is 294 g/mol. The van der Waals surface area contributed by atoms with Crippen molar-refractivity contribution in [3.8, 4) is 0 Å². The normalized spacial score (nSPS) is 11.8. The van der Waals surface area contributed by atoms with Crippen molar-refractivity contribution in [3.63, 3.8) is 0 Å². The van der Waals surface area contributed by atoms with E-state index in [-0.39, 0.29) is 18.0 Å². The average Bonchev–Trinajstić information content (AvgIpc) is 2.20. The summed E-state index contributed by atoms with van der Waals surface area (Å²) in [6.45, 7) is 3.37. The molecule has 2 N–H and O–H groups in total. The second-order valence-electron chi connectivity index (χ2n) is 3.49. The average molecular weight is 308 g/mol. The van der Waals surface area contributed by atoms with Gasteiger partial charge in [-0.1, -0.05) is 15.9 Å². The van der Waals surface area contributed by atoms with Gasteiger partial charge in [0.05, 0.1) is 11.5 Å². The Balaban J connectivity index is 3.18. The fraction of sp³-hybridized carbons (Fsp3) is 0.400. The molecule has 0 atom stereocenters. The molecule has 1 aromatic rings. The topological polar surface area (TPSA) is 66.4 Å². The third-order valence-electron chi connectivity index (χ3n) is 2.15. The van der Waals surface area contributed by atoms with Crippen LogP contribution in [-0.4, -0.2) is 26.7 Å². The number of aliphatic hydroxyl groups excluding tert-OH is 1. The minimum Gasteiger partial charge on any atom is -0.395 e. The summed E-state index contributed by atoms with van der Waals surface area (Å²) in [5.41, 5.74) is 1.53. The van der Waals surface area contributed by atoms with E-state index in [9.17, 15) is 8.42 Å². The largest absolute Gasteiger partial charge is 0.395 e. The molecule has 90 valence electrons. The highest BCUT2D eigenvalue weighted by molar-refractivity contribution is 9.10. The lowest BCUT2D eigenvalue weighted by Crippen LogP contribution is -2.27. The molecule has 0 amide bonds. The smallest absolute Gasteiger partial charge is 0.240 e. The maximum Gasteiger partial charge on any atom is 0.240 e. The van der Waals surface area contributed by atoms with Gasteiger partial charge in [-0.05, 0) is 37.1 Å². The van der Waals surface area contributed by atoms with Crippen LogP contribution in [0.25, 0.3) is 0 Å². The summed E-state index contributed by atoms with van der Waals surface area (Å²) in [7, 11) is -3.52. The van der Waals surface area contributed by atoms with E-state index < -0.39 is 10.0 Å². The zero-order valence-corrected chi connectivity index (χ0v) is 11.5. The zero-order chi connectivity index (χ0) is 12.3. The lowest BCUT2D eigenvalue weighted by Gasteiger charge is -2.10. The van der Waals surface area contributed by atoms with E-state index in [1.807, 2.05) is 6.92 Å². The van der Waals surface area contributed by atoms with Gasteiger partial charge in [0.15, 0.2) is 0 Å². The Morgan fingerprint density at radius 1 is 1.31 bits per heavy atom. The number of aliphatic hydroxyl groups is 1. The molecule has 0 unspecified atom stereocenters. The number of halogens is 1. The third kappa shape index (κ3) is 3.04. The number of benzene rings is 1. The van der Waals surface area contributed by atoms with Crippen LogP contribution in [0.5, 0.6) is 0 Å². The van der Waals surface area contributed by atoms with E-state index in [2.05, 4.69) is 20.7 Å². The van der Waals surface area contributed by atoms with Crippen molar-refractivity contribution < 1.29 is 13.5 Å². The van der Waals surface area contributed by atoms with Gasteiger partial charge in [0.1, 0.15) is 0 Å². The van der Waals surface area contributed by atoms with Gasteiger partial charge >= 0.3 is 0 Å². The van der Waals surface area contributed by atoms with Crippen LogP contribution in [0.4, 0.5) is 0 Å². The van der Waals surface area contributed by atoms with E-state index in [0.717, 1.165) is 10.0 Å². The molecule has 0 fully saturated rings. The van der Waals surface area contributed by atoms with Crippen molar-refractivity contribution in [2.75, 3.05) is 13.2 Å². The van der Waals surface area contributed by atoms with Gasteiger partial charge in [-0.25, -0.2) is 13.1 Å². The van der Waals surface area contributed by atoms with Gasteiger partial charge in [0, 0.05) is 11.0 Å². The Bertz CT molecular complexity index is 485. The number of hydrogen-bond donors (Lipinski definition) is 2. The van der Waals surface area contributed by atoms with Gasteiger partial charge < -0.3 is 5.11 Å². The van der Waals surface area contributed by atoms with Crippen molar-refractivity contribution in [2.24, 2.45) is 0 Å². The molecule has 0 saturated carbocycles. The summed E-state index contributed by atoms with van der Waals surface area (Å²) in [6, 6.07) is 3.38. The molecule has 0 aliphatic carbocycles. The molecular formula is C10H14BrNO3S. The van der Waals surface area contributed by atoms with E-state index in [4.69, 9.17) is 5.11 Å². The van der Waals surface area contributed by atoms with Gasteiger partial charge in [-0.3, -0.25) is 0 Å². The maximum atomic E-state index is 11.8. The molecule has 0 radical (unpaired) electrons. The van der Waals surface area contributed by atoms with Crippen LogP contribution in [0.1, 0.15) is 11.1 Å². The van der Waals surface area contributed by atoms with E-state index in [1.165, 1.54) is 0 Å². The molecule has 0 bridgehead atoms. The summed E-state index contributed by atoms with van der Waals surface area (Å²) in [6.07, 6.45) is 0. The molecule has 4 nitrogen and oxygen atoms in total. The fourth-order valence-electron chi connectivity index (χ4n) is 1.30. The lowest BCUT2D eigenvalue weighted by atomic mass is 10.2. The first-order valence-corrected chi connectivity index (χ1v) is 7.03. The van der Waals surface area contributed by atoms with Crippen LogP contribution < -0.4 is 4.72 Å². The molecule has 0 heterocycles. The van der Waals surface area contributed by atoms with Crippen molar-refractivity contribution >= 4 is 26.0 Å². The lowest BCUT2D eigenvalue weighted by molar-refractivity contribution is 0.301. The number of hydrogen-bond acceptors (Lipinski definition) is 3. The predicted octanol–water partition coefficient (Wildman–Crippen LogP) is 1.34. The van der Waals surface area contributed by atoms with E-state index >= 15 is 0 Å². The number of sulfonamides is 1. The molecule has 0 aromatic heterocycles. The summed E-state index contributed by atoms with van der Waals surface area (Å²) in [5.74, 6) is 0. The fourth-order valence-corrected chi connectivity index (χ4v) is 3.09. The van der Waals surface area contributed by atoms with Gasteiger partial charge in [-0.15, -0.1) is 0 Å². The standard InChI is InChI=1S/C10H14BrNO3S/c1-7-6-10(8(2)5-9(7)11)16(14,15)12-3-4-13/h5-6,12-13H,3-4H2,1-2H3. The molecule has 6 heteroatoms. The van der Waals surface area contributed by atoms with Gasteiger partial charge in [0.2, 0.25) is 10.0 Å². The molecule has 1 rings (SSSR count). The van der Waals surface area contributed by atoms with Gasteiger partial charge in [-0.2, -0.15) is 0 Å². The monoisotopic (exact) mass is 307 g/mol. The Labute approximate surface area is 104 Å². The van der Waals surface area contributed by atoms with Crippen LogP contribution in [0.15, 0.2) is 21.5 Å². The number of aryl methyl sites for hydroxylation is 2. The van der Waals surface area contributed by atoms with Crippen LogP contribution in [0.2, 0.25) is 0 Å². The minimum absolute atomic E-state index is 0.0247. The molecule has 1 aromatic carbocycles. The third-order valence-corrected chi connectivity index (χ3v) is 4.61. The quantitative estimate of drug-likeness (QED) is 0.882. The van der Waals surface area contributed by atoms with Crippen LogP contribution in [0.3, 0.4) is 0 Å². The predicted molar refractivity (Wildman–Crippen MR) is 65.9 cm³/mol. The highest BCUT2D eigenvalue weighted by Crippen LogP contribution is 2.23. The molecule has 0 spiro atoms. The SMILES string of the molecule is Cc1cc(S(=O)(=O)NCCO)c(C)cc1Br. The first-order valence-electron chi connectivity index (χ1n) is 4.76. The Hall–Kier alpha value is -0.430. The van der Waals surface area contributed by atoms with E-state index in [1.54, 1.807) is 19.1 Å². The molecule has 0 saturated heterocycles. The second kappa shape index (κ2) is 5.27. The van der Waals surface area contributed by atoms with Gasteiger partial charge in [0.25, 0.3) is 0 Å². The number of nitrogens with one attached hydrogen (secondary N) is 1. The number of rotatable bonds is 4. The van der Waals surface area contributed by atoms with Crippen molar-refractivity contribution in [2.45, 2.75) is 18.7 Å². The first kappa shape index (κ1) is 13.6. The summed E-state index contributed by atoms with van der Waals surface area (Å²) in [5, 5.41) is 8.61. The second-order valence-corrected chi connectivity index (χ2v) is 6.08. The zero-order valence-electron chi connectivity index (χ0n) is 9.12. The van der Waals surface area contributed by atoms with Crippen LogP contribution >= 0.6 is 15.9 Å².